The van der Waals surface area contributed by atoms with Gasteiger partial charge in [0, 0.05) is 17.9 Å². The third-order valence-electron chi connectivity index (χ3n) is 3.75. The smallest absolute Gasteiger partial charge is 0.224 e. The van der Waals surface area contributed by atoms with Crippen LogP contribution in [0.4, 0.5) is 10.1 Å². The zero-order valence-corrected chi connectivity index (χ0v) is 13.3. The number of aromatic nitrogens is 1. The average molecular weight is 324 g/mol. The van der Waals surface area contributed by atoms with Gasteiger partial charge in [0.05, 0.1) is 24.5 Å². The van der Waals surface area contributed by atoms with Crippen LogP contribution in [0.25, 0.3) is 10.9 Å². The number of methoxy groups -OCH3 is 1. The van der Waals surface area contributed by atoms with Crippen molar-refractivity contribution >= 4 is 22.5 Å². The molecule has 0 atom stereocenters. The first-order valence-corrected chi connectivity index (χ1v) is 7.63. The number of carbonyl (C=O) groups excluding carboxylic acids is 1. The van der Waals surface area contributed by atoms with Crippen molar-refractivity contribution in [2.45, 2.75) is 12.8 Å². The maximum absolute atomic E-state index is 13.6. The highest BCUT2D eigenvalue weighted by Crippen LogP contribution is 2.21. The standard InChI is InChI=1S/C19H17FN2O2/c1-24-16-8-6-14-10-15(12-21-18(14)11-16)22-19(23)9-7-13-4-2-3-5-17(13)20/h2-6,8,10-12H,7,9H2,1H3,(H,22,23). The van der Waals surface area contributed by atoms with Crippen molar-refractivity contribution in [3.05, 3.63) is 66.1 Å². The van der Waals surface area contributed by atoms with E-state index in [-0.39, 0.29) is 18.1 Å². The zero-order valence-electron chi connectivity index (χ0n) is 13.3. The molecule has 0 aliphatic rings. The normalized spacial score (nSPS) is 10.6. The van der Waals surface area contributed by atoms with Crippen molar-refractivity contribution in [1.82, 2.24) is 4.98 Å². The van der Waals surface area contributed by atoms with Gasteiger partial charge < -0.3 is 10.1 Å². The highest BCUT2D eigenvalue weighted by atomic mass is 19.1. The van der Waals surface area contributed by atoms with Crippen LogP contribution in [0.5, 0.6) is 5.75 Å². The van der Waals surface area contributed by atoms with Gasteiger partial charge >= 0.3 is 0 Å². The second-order valence-corrected chi connectivity index (χ2v) is 5.42. The van der Waals surface area contributed by atoms with Gasteiger partial charge in [-0.1, -0.05) is 18.2 Å². The van der Waals surface area contributed by atoms with Crippen LogP contribution in [0.2, 0.25) is 0 Å². The summed E-state index contributed by atoms with van der Waals surface area (Å²) in [6.07, 6.45) is 2.17. The molecule has 0 aliphatic heterocycles. The molecule has 0 aliphatic carbocycles. The van der Waals surface area contributed by atoms with Crippen molar-refractivity contribution in [2.75, 3.05) is 12.4 Å². The molecule has 122 valence electrons. The van der Waals surface area contributed by atoms with Crippen LogP contribution in [0.15, 0.2) is 54.7 Å². The molecular formula is C19H17FN2O2. The molecule has 1 amide bonds. The first kappa shape index (κ1) is 15.9. The van der Waals surface area contributed by atoms with Gasteiger partial charge in [-0.2, -0.15) is 0 Å². The molecule has 0 unspecified atom stereocenters. The number of aryl methyl sites for hydroxylation is 1. The number of hydrogen-bond donors (Lipinski definition) is 1. The Morgan fingerprint density at radius 3 is 2.83 bits per heavy atom. The quantitative estimate of drug-likeness (QED) is 0.773. The van der Waals surface area contributed by atoms with E-state index in [9.17, 15) is 9.18 Å². The number of rotatable bonds is 5. The Bertz CT molecular complexity index is 880. The fourth-order valence-corrected chi connectivity index (χ4v) is 2.47. The Labute approximate surface area is 139 Å². The number of carbonyl (C=O) groups is 1. The Hall–Kier alpha value is -2.95. The molecule has 0 spiro atoms. The van der Waals surface area contributed by atoms with Crippen LogP contribution in [0, 0.1) is 5.82 Å². The molecule has 5 heteroatoms. The van der Waals surface area contributed by atoms with Gasteiger partial charge in [0.1, 0.15) is 11.6 Å². The number of nitrogens with zero attached hydrogens (tertiary/aromatic N) is 1. The van der Waals surface area contributed by atoms with E-state index >= 15 is 0 Å². The molecule has 3 aromatic rings. The van der Waals surface area contributed by atoms with Crippen molar-refractivity contribution in [3.8, 4) is 5.75 Å². The highest BCUT2D eigenvalue weighted by Gasteiger charge is 2.07. The zero-order chi connectivity index (χ0) is 16.9. The molecule has 24 heavy (non-hydrogen) atoms. The van der Waals surface area contributed by atoms with Gasteiger partial charge in [-0.3, -0.25) is 9.78 Å². The van der Waals surface area contributed by atoms with E-state index in [2.05, 4.69) is 10.3 Å². The molecule has 1 heterocycles. The molecular weight excluding hydrogens is 307 g/mol. The topological polar surface area (TPSA) is 51.2 Å². The minimum Gasteiger partial charge on any atom is -0.497 e. The van der Waals surface area contributed by atoms with E-state index in [0.717, 1.165) is 16.7 Å². The summed E-state index contributed by atoms with van der Waals surface area (Å²) in [5.74, 6) is 0.274. The number of nitrogens with one attached hydrogen (secondary N) is 1. The fourth-order valence-electron chi connectivity index (χ4n) is 2.47. The fraction of sp³-hybridized carbons (Fsp3) is 0.158. The van der Waals surface area contributed by atoms with E-state index < -0.39 is 0 Å². The molecule has 1 N–H and O–H groups in total. The van der Waals surface area contributed by atoms with Crippen molar-refractivity contribution in [1.29, 1.82) is 0 Å². The number of hydrogen-bond acceptors (Lipinski definition) is 3. The Balaban J connectivity index is 1.66. The van der Waals surface area contributed by atoms with Crippen molar-refractivity contribution in [3.63, 3.8) is 0 Å². The number of amides is 1. The van der Waals surface area contributed by atoms with Crippen LogP contribution in [-0.2, 0) is 11.2 Å². The second kappa shape index (κ2) is 7.08. The Morgan fingerprint density at radius 2 is 2.04 bits per heavy atom. The van der Waals surface area contributed by atoms with Gasteiger partial charge in [0.2, 0.25) is 5.91 Å². The second-order valence-electron chi connectivity index (χ2n) is 5.42. The number of halogens is 1. The van der Waals surface area contributed by atoms with Crippen LogP contribution in [0.1, 0.15) is 12.0 Å². The summed E-state index contributed by atoms with van der Waals surface area (Å²) in [5, 5.41) is 3.70. The summed E-state index contributed by atoms with van der Waals surface area (Å²) < 4.78 is 18.7. The maximum Gasteiger partial charge on any atom is 0.224 e. The number of pyridine rings is 1. The third-order valence-corrected chi connectivity index (χ3v) is 3.75. The number of ether oxygens (including phenoxy) is 1. The maximum atomic E-state index is 13.6. The van der Waals surface area contributed by atoms with Crippen LogP contribution < -0.4 is 10.1 Å². The van der Waals surface area contributed by atoms with Crippen LogP contribution >= 0.6 is 0 Å². The molecule has 0 radical (unpaired) electrons. The van der Waals surface area contributed by atoms with Gasteiger partial charge in [0.15, 0.2) is 0 Å². The highest BCUT2D eigenvalue weighted by molar-refractivity contribution is 5.93. The monoisotopic (exact) mass is 324 g/mol. The molecule has 0 fully saturated rings. The lowest BCUT2D eigenvalue weighted by molar-refractivity contribution is -0.116. The van der Waals surface area contributed by atoms with E-state index in [0.29, 0.717) is 17.7 Å². The predicted molar refractivity (Wildman–Crippen MR) is 91.6 cm³/mol. The van der Waals surface area contributed by atoms with E-state index in [1.165, 1.54) is 6.07 Å². The molecule has 2 aromatic carbocycles. The van der Waals surface area contributed by atoms with Gasteiger partial charge in [-0.05, 0) is 36.2 Å². The molecule has 0 saturated carbocycles. The van der Waals surface area contributed by atoms with Gasteiger partial charge in [-0.25, -0.2) is 4.39 Å². The SMILES string of the molecule is COc1ccc2cc(NC(=O)CCc3ccccc3F)cnc2c1. The van der Waals surface area contributed by atoms with Gasteiger partial charge in [0.25, 0.3) is 0 Å². The lowest BCUT2D eigenvalue weighted by Gasteiger charge is -2.07. The molecule has 1 aromatic heterocycles. The number of anilines is 1. The summed E-state index contributed by atoms with van der Waals surface area (Å²) in [7, 11) is 1.60. The summed E-state index contributed by atoms with van der Waals surface area (Å²) in [5.41, 5.74) is 1.95. The summed E-state index contributed by atoms with van der Waals surface area (Å²) in [6.45, 7) is 0. The summed E-state index contributed by atoms with van der Waals surface area (Å²) in [6, 6.07) is 13.9. The third kappa shape index (κ3) is 3.68. The van der Waals surface area contributed by atoms with Gasteiger partial charge in [-0.15, -0.1) is 0 Å². The Kier molecular flexibility index (Phi) is 4.70. The minimum atomic E-state index is -0.286. The lowest BCUT2D eigenvalue weighted by atomic mass is 10.1. The minimum absolute atomic E-state index is 0.173. The predicted octanol–water partition coefficient (Wildman–Crippen LogP) is 3.95. The van der Waals surface area contributed by atoms with E-state index in [4.69, 9.17) is 4.74 Å². The lowest BCUT2D eigenvalue weighted by Crippen LogP contribution is -2.12. The molecule has 0 saturated heterocycles. The molecule has 4 nitrogen and oxygen atoms in total. The van der Waals surface area contributed by atoms with Crippen molar-refractivity contribution in [2.24, 2.45) is 0 Å². The van der Waals surface area contributed by atoms with Crippen LogP contribution in [-0.4, -0.2) is 18.0 Å². The first-order chi connectivity index (χ1) is 11.7. The number of benzene rings is 2. The van der Waals surface area contributed by atoms with Crippen molar-refractivity contribution < 1.29 is 13.9 Å². The van der Waals surface area contributed by atoms with Crippen LogP contribution in [0.3, 0.4) is 0 Å². The largest absolute Gasteiger partial charge is 0.497 e. The first-order valence-electron chi connectivity index (χ1n) is 7.63. The van der Waals surface area contributed by atoms with E-state index in [1.54, 1.807) is 31.5 Å². The molecule has 3 rings (SSSR count). The summed E-state index contributed by atoms with van der Waals surface area (Å²) in [4.78, 5) is 16.4. The molecule has 0 bridgehead atoms. The summed E-state index contributed by atoms with van der Waals surface area (Å²) >= 11 is 0. The number of fused-ring (bicyclic) bond motifs is 1. The Morgan fingerprint density at radius 1 is 1.21 bits per heavy atom. The van der Waals surface area contributed by atoms with E-state index in [1.807, 2.05) is 24.3 Å². The average Bonchev–Trinajstić information content (AvgIpc) is 2.60.